The van der Waals surface area contributed by atoms with Gasteiger partial charge in [-0.25, -0.2) is 0 Å². The second-order valence-corrected chi connectivity index (χ2v) is 5.61. The number of aromatic nitrogens is 2. The lowest BCUT2D eigenvalue weighted by atomic mass is 10.2. The molecule has 0 aliphatic rings. The Morgan fingerprint density at radius 3 is 2.90 bits per heavy atom. The van der Waals surface area contributed by atoms with Gasteiger partial charge in [-0.2, -0.15) is 4.98 Å². The highest BCUT2D eigenvalue weighted by atomic mass is 79.9. The Morgan fingerprint density at radius 2 is 2.24 bits per heavy atom. The molecule has 7 heteroatoms. The molecule has 2 N–H and O–H groups in total. The minimum Gasteiger partial charge on any atom is -0.490 e. The molecule has 1 aromatic carbocycles. The van der Waals surface area contributed by atoms with E-state index in [4.69, 9.17) is 9.26 Å². The van der Waals surface area contributed by atoms with Crippen LogP contribution in [0.1, 0.15) is 17.3 Å². The van der Waals surface area contributed by atoms with E-state index in [1.54, 1.807) is 6.92 Å². The van der Waals surface area contributed by atoms with Crippen molar-refractivity contribution in [1.82, 2.24) is 15.5 Å². The number of benzene rings is 1. The molecule has 0 aliphatic carbocycles. The summed E-state index contributed by atoms with van der Waals surface area (Å²) >= 11 is 3.43. The molecule has 0 radical (unpaired) electrons. The fourth-order valence-corrected chi connectivity index (χ4v) is 2.34. The summed E-state index contributed by atoms with van der Waals surface area (Å²) in [5, 5.41) is 16.7. The van der Waals surface area contributed by atoms with E-state index in [2.05, 4.69) is 31.4 Å². The molecule has 1 unspecified atom stereocenters. The molecule has 0 spiro atoms. The zero-order chi connectivity index (χ0) is 15.2. The largest absolute Gasteiger partial charge is 0.490 e. The average Bonchev–Trinajstić information content (AvgIpc) is 2.83. The molecular formula is C14H18BrN3O3. The van der Waals surface area contributed by atoms with Gasteiger partial charge >= 0.3 is 0 Å². The highest BCUT2D eigenvalue weighted by Gasteiger charge is 2.08. The fourth-order valence-electron chi connectivity index (χ4n) is 1.73. The first kappa shape index (κ1) is 15.9. The molecule has 2 rings (SSSR count). The van der Waals surface area contributed by atoms with Gasteiger partial charge in [-0.05, 0) is 40.5 Å². The van der Waals surface area contributed by atoms with E-state index in [0.29, 0.717) is 30.6 Å². The molecule has 0 saturated carbocycles. The number of hydrogen-bond donors (Lipinski definition) is 2. The third-order valence-corrected chi connectivity index (χ3v) is 3.37. The van der Waals surface area contributed by atoms with Crippen LogP contribution in [-0.2, 0) is 6.54 Å². The second-order valence-electron chi connectivity index (χ2n) is 4.76. The maximum absolute atomic E-state index is 9.87. The number of nitrogens with zero attached hydrogens (tertiary/aromatic N) is 2. The van der Waals surface area contributed by atoms with Crippen molar-refractivity contribution >= 4 is 15.9 Å². The molecule has 1 heterocycles. The summed E-state index contributed by atoms with van der Waals surface area (Å²) in [6.07, 6.45) is -0.619. The minimum atomic E-state index is -0.619. The van der Waals surface area contributed by atoms with Crippen LogP contribution < -0.4 is 10.1 Å². The quantitative estimate of drug-likeness (QED) is 0.790. The van der Waals surface area contributed by atoms with Crippen LogP contribution >= 0.6 is 15.9 Å². The van der Waals surface area contributed by atoms with Crippen molar-refractivity contribution < 1.29 is 14.4 Å². The fraction of sp³-hybridized carbons (Fsp3) is 0.429. The third-order valence-electron chi connectivity index (χ3n) is 2.75. The van der Waals surface area contributed by atoms with Crippen molar-refractivity contribution in [1.29, 1.82) is 0 Å². The molecule has 1 aromatic heterocycles. The maximum Gasteiger partial charge on any atom is 0.223 e. The zero-order valence-corrected chi connectivity index (χ0v) is 13.6. The van der Waals surface area contributed by atoms with Crippen LogP contribution in [0.25, 0.3) is 0 Å². The third kappa shape index (κ3) is 5.11. The van der Waals surface area contributed by atoms with Gasteiger partial charge in [0.2, 0.25) is 5.89 Å². The normalized spacial score (nSPS) is 12.4. The summed E-state index contributed by atoms with van der Waals surface area (Å²) in [4.78, 5) is 4.06. The topological polar surface area (TPSA) is 80.4 Å². The predicted molar refractivity (Wildman–Crippen MR) is 81.1 cm³/mol. The van der Waals surface area contributed by atoms with Crippen molar-refractivity contribution in [3.05, 3.63) is 40.0 Å². The van der Waals surface area contributed by atoms with Crippen LogP contribution in [0.4, 0.5) is 0 Å². The zero-order valence-electron chi connectivity index (χ0n) is 12.0. The lowest BCUT2D eigenvalue weighted by molar-refractivity contribution is 0.105. The number of hydrogen-bond acceptors (Lipinski definition) is 6. The summed E-state index contributed by atoms with van der Waals surface area (Å²) in [6, 6.07) is 5.81. The number of aryl methyl sites for hydroxylation is 2. The lowest BCUT2D eigenvalue weighted by Crippen LogP contribution is -2.31. The minimum absolute atomic E-state index is 0.208. The maximum atomic E-state index is 9.87. The second kappa shape index (κ2) is 7.53. The molecule has 2 aromatic rings. The van der Waals surface area contributed by atoms with Crippen LogP contribution in [0.5, 0.6) is 5.75 Å². The van der Waals surface area contributed by atoms with Gasteiger partial charge in [0.25, 0.3) is 0 Å². The van der Waals surface area contributed by atoms with Crippen LogP contribution in [0, 0.1) is 13.8 Å². The lowest BCUT2D eigenvalue weighted by Gasteiger charge is -2.13. The molecule has 0 amide bonds. The van der Waals surface area contributed by atoms with Gasteiger partial charge in [-0.15, -0.1) is 0 Å². The van der Waals surface area contributed by atoms with Crippen molar-refractivity contribution in [3.8, 4) is 5.75 Å². The summed E-state index contributed by atoms with van der Waals surface area (Å²) < 4.78 is 11.3. The van der Waals surface area contributed by atoms with Crippen molar-refractivity contribution in [2.24, 2.45) is 0 Å². The Morgan fingerprint density at radius 1 is 1.43 bits per heavy atom. The van der Waals surface area contributed by atoms with Crippen LogP contribution in [0.3, 0.4) is 0 Å². The van der Waals surface area contributed by atoms with E-state index in [0.717, 1.165) is 10.0 Å². The van der Waals surface area contributed by atoms with Gasteiger partial charge in [-0.1, -0.05) is 11.2 Å². The highest BCUT2D eigenvalue weighted by molar-refractivity contribution is 9.10. The first-order chi connectivity index (χ1) is 10.0. The molecule has 21 heavy (non-hydrogen) atoms. The number of ether oxygens (including phenoxy) is 1. The summed E-state index contributed by atoms with van der Waals surface area (Å²) in [6.45, 7) is 4.78. The Kier molecular flexibility index (Phi) is 5.72. The van der Waals surface area contributed by atoms with Crippen LogP contribution in [-0.4, -0.2) is 34.5 Å². The molecule has 1 atom stereocenters. The molecule has 114 valence electrons. The SMILES string of the molecule is Cc1ccc(OCC(O)CNCc2noc(C)n2)c(Br)c1. The number of nitrogens with one attached hydrogen (secondary N) is 1. The van der Waals surface area contributed by atoms with Crippen molar-refractivity contribution in [2.45, 2.75) is 26.5 Å². The van der Waals surface area contributed by atoms with Gasteiger partial charge in [0.1, 0.15) is 18.5 Å². The molecule has 0 fully saturated rings. The Balaban J connectivity index is 1.70. The molecular weight excluding hydrogens is 338 g/mol. The monoisotopic (exact) mass is 355 g/mol. The number of aliphatic hydroxyl groups is 1. The van der Waals surface area contributed by atoms with E-state index in [-0.39, 0.29) is 6.61 Å². The molecule has 6 nitrogen and oxygen atoms in total. The predicted octanol–water partition coefficient (Wildman–Crippen LogP) is 1.98. The number of rotatable bonds is 7. The number of aliphatic hydroxyl groups excluding tert-OH is 1. The van der Waals surface area contributed by atoms with E-state index in [9.17, 15) is 5.11 Å². The van der Waals surface area contributed by atoms with Crippen LogP contribution in [0.2, 0.25) is 0 Å². The van der Waals surface area contributed by atoms with Gasteiger partial charge in [0.05, 0.1) is 11.0 Å². The van der Waals surface area contributed by atoms with Gasteiger partial charge in [-0.3, -0.25) is 0 Å². The summed E-state index contributed by atoms with van der Waals surface area (Å²) in [5.74, 6) is 1.82. The Bertz CT molecular complexity index is 589. The standard InChI is InChI=1S/C14H18BrN3O3/c1-9-3-4-13(12(15)5-9)20-8-11(19)6-16-7-14-17-10(2)21-18-14/h3-5,11,16,19H,6-8H2,1-2H3. The molecule has 0 aliphatic heterocycles. The van der Waals surface area contributed by atoms with E-state index in [1.807, 2.05) is 25.1 Å². The summed E-state index contributed by atoms with van der Waals surface area (Å²) in [5.41, 5.74) is 1.15. The highest BCUT2D eigenvalue weighted by Crippen LogP contribution is 2.25. The smallest absolute Gasteiger partial charge is 0.223 e. The number of halogens is 1. The van der Waals surface area contributed by atoms with E-state index in [1.165, 1.54) is 0 Å². The van der Waals surface area contributed by atoms with E-state index >= 15 is 0 Å². The van der Waals surface area contributed by atoms with Gasteiger partial charge in [0.15, 0.2) is 5.82 Å². The van der Waals surface area contributed by atoms with E-state index < -0.39 is 6.10 Å². The van der Waals surface area contributed by atoms with Gasteiger partial charge in [0, 0.05) is 13.5 Å². The van der Waals surface area contributed by atoms with Gasteiger partial charge < -0.3 is 19.7 Å². The summed E-state index contributed by atoms with van der Waals surface area (Å²) in [7, 11) is 0. The first-order valence-corrected chi connectivity index (χ1v) is 7.41. The first-order valence-electron chi connectivity index (χ1n) is 6.61. The van der Waals surface area contributed by atoms with Crippen LogP contribution in [0.15, 0.2) is 27.2 Å². The molecule has 0 bridgehead atoms. The Labute approximate surface area is 131 Å². The Hall–Kier alpha value is -1.44. The molecule has 0 saturated heterocycles. The average molecular weight is 356 g/mol. The van der Waals surface area contributed by atoms with Crippen molar-refractivity contribution in [3.63, 3.8) is 0 Å². The van der Waals surface area contributed by atoms with Crippen molar-refractivity contribution in [2.75, 3.05) is 13.2 Å².